The van der Waals surface area contributed by atoms with Crippen LogP contribution >= 0.6 is 12.4 Å². The molecule has 2 heterocycles. The molecule has 1 aromatic heterocycles. The number of nitrogens with zero attached hydrogens (tertiary/aromatic N) is 2. The van der Waals surface area contributed by atoms with Crippen molar-refractivity contribution in [2.75, 3.05) is 5.32 Å². The lowest BCUT2D eigenvalue weighted by Gasteiger charge is -2.24. The molecule has 0 spiro atoms. The van der Waals surface area contributed by atoms with E-state index in [0.29, 0.717) is 17.8 Å². The maximum atomic E-state index is 12.3. The van der Waals surface area contributed by atoms with E-state index < -0.39 is 0 Å². The average Bonchev–Trinajstić information content (AvgIpc) is 2.93. The Morgan fingerprint density at radius 1 is 1.45 bits per heavy atom. The van der Waals surface area contributed by atoms with Gasteiger partial charge in [0, 0.05) is 24.8 Å². The van der Waals surface area contributed by atoms with E-state index in [1.165, 1.54) is 25.7 Å². The lowest BCUT2D eigenvalue weighted by molar-refractivity contribution is -0.117. The van der Waals surface area contributed by atoms with Gasteiger partial charge in [-0.15, -0.1) is 12.4 Å². The van der Waals surface area contributed by atoms with Crippen LogP contribution < -0.4 is 10.6 Å². The molecule has 0 bridgehead atoms. The molecular formula is C14H23ClN4O. The SMILES string of the molecule is Cc1cc(NC(=O)C2CC3CCCCC3N2)nn1C.Cl. The van der Waals surface area contributed by atoms with Gasteiger partial charge in [0.05, 0.1) is 6.04 Å². The van der Waals surface area contributed by atoms with Crippen molar-refractivity contribution in [2.45, 2.75) is 51.1 Å². The zero-order chi connectivity index (χ0) is 13.4. The number of rotatable bonds is 2. The minimum Gasteiger partial charge on any atom is -0.308 e. The second kappa shape index (κ2) is 6.14. The number of hydrogen-bond acceptors (Lipinski definition) is 3. The van der Waals surface area contributed by atoms with E-state index in [2.05, 4.69) is 15.7 Å². The second-order valence-corrected chi connectivity index (χ2v) is 5.89. The van der Waals surface area contributed by atoms with Crippen LogP contribution in [0.25, 0.3) is 0 Å². The van der Waals surface area contributed by atoms with Crippen molar-refractivity contribution in [3.05, 3.63) is 11.8 Å². The Bertz CT molecular complexity index is 454. The number of amides is 1. The molecule has 3 unspecified atom stereocenters. The normalized spacial score (nSPS) is 28.6. The van der Waals surface area contributed by atoms with Crippen molar-refractivity contribution < 1.29 is 4.79 Å². The highest BCUT2D eigenvalue weighted by molar-refractivity contribution is 5.94. The summed E-state index contributed by atoms with van der Waals surface area (Å²) in [5.74, 6) is 1.41. The molecular weight excluding hydrogens is 276 g/mol. The Labute approximate surface area is 125 Å². The molecule has 0 radical (unpaired) electrons. The number of carbonyl (C=O) groups excluding carboxylic acids is 1. The summed E-state index contributed by atoms with van der Waals surface area (Å²) in [5.41, 5.74) is 1.04. The van der Waals surface area contributed by atoms with Crippen molar-refractivity contribution >= 4 is 24.1 Å². The molecule has 2 aliphatic rings. The van der Waals surface area contributed by atoms with Crippen LogP contribution in [0.4, 0.5) is 5.82 Å². The summed E-state index contributed by atoms with van der Waals surface area (Å²) < 4.78 is 1.78. The lowest BCUT2D eigenvalue weighted by atomic mass is 9.85. The summed E-state index contributed by atoms with van der Waals surface area (Å²) in [6.45, 7) is 1.98. The van der Waals surface area contributed by atoms with E-state index >= 15 is 0 Å². The molecule has 3 atom stereocenters. The molecule has 5 nitrogen and oxygen atoms in total. The number of fused-ring (bicyclic) bond motifs is 1. The van der Waals surface area contributed by atoms with E-state index in [9.17, 15) is 4.79 Å². The van der Waals surface area contributed by atoms with Crippen molar-refractivity contribution in [1.82, 2.24) is 15.1 Å². The molecule has 1 aliphatic heterocycles. The van der Waals surface area contributed by atoms with Gasteiger partial charge in [-0.3, -0.25) is 9.48 Å². The van der Waals surface area contributed by atoms with Crippen LogP contribution in [0.15, 0.2) is 6.07 Å². The average molecular weight is 299 g/mol. The number of anilines is 1. The first-order valence-corrected chi connectivity index (χ1v) is 7.21. The third-order valence-electron chi connectivity index (χ3n) is 4.54. The van der Waals surface area contributed by atoms with Gasteiger partial charge in [-0.1, -0.05) is 12.8 Å². The number of carbonyl (C=O) groups is 1. The zero-order valence-corrected chi connectivity index (χ0v) is 12.9. The summed E-state index contributed by atoms with van der Waals surface area (Å²) in [6, 6.07) is 2.41. The fourth-order valence-electron chi connectivity index (χ4n) is 3.36. The third-order valence-corrected chi connectivity index (χ3v) is 4.54. The highest BCUT2D eigenvalue weighted by atomic mass is 35.5. The van der Waals surface area contributed by atoms with Gasteiger partial charge < -0.3 is 10.6 Å². The van der Waals surface area contributed by atoms with Gasteiger partial charge in [-0.2, -0.15) is 5.10 Å². The third kappa shape index (κ3) is 2.99. The summed E-state index contributed by atoms with van der Waals surface area (Å²) >= 11 is 0. The smallest absolute Gasteiger partial charge is 0.242 e. The monoisotopic (exact) mass is 298 g/mol. The van der Waals surface area contributed by atoms with Gasteiger partial charge in [0.25, 0.3) is 0 Å². The topological polar surface area (TPSA) is 59.0 Å². The number of halogens is 1. The maximum Gasteiger partial charge on any atom is 0.242 e. The standard InChI is InChI=1S/C14H22N4O.ClH/c1-9-7-13(17-18(9)2)16-14(19)12-8-10-5-3-4-6-11(10)15-12;/h7,10-12,15H,3-6,8H2,1-2H3,(H,16,17,19);1H. The second-order valence-electron chi connectivity index (χ2n) is 5.89. The molecule has 1 amide bonds. The number of aryl methyl sites for hydroxylation is 2. The fourth-order valence-corrected chi connectivity index (χ4v) is 3.36. The molecule has 112 valence electrons. The molecule has 2 fully saturated rings. The van der Waals surface area contributed by atoms with Crippen LogP contribution in [0.1, 0.15) is 37.8 Å². The Morgan fingerprint density at radius 2 is 2.20 bits per heavy atom. The van der Waals surface area contributed by atoms with Crippen LogP contribution in [0, 0.1) is 12.8 Å². The maximum absolute atomic E-state index is 12.3. The summed E-state index contributed by atoms with van der Waals surface area (Å²) in [6.07, 6.45) is 6.07. The van der Waals surface area contributed by atoms with Crippen molar-refractivity contribution in [3.8, 4) is 0 Å². The Balaban J connectivity index is 0.00000147. The predicted octanol–water partition coefficient (Wildman–Crippen LogP) is 2.01. The molecule has 1 aromatic rings. The molecule has 20 heavy (non-hydrogen) atoms. The Kier molecular flexibility index (Phi) is 4.70. The van der Waals surface area contributed by atoms with Gasteiger partial charge in [0.2, 0.25) is 5.91 Å². The van der Waals surface area contributed by atoms with Gasteiger partial charge >= 0.3 is 0 Å². The summed E-state index contributed by atoms with van der Waals surface area (Å²) in [4.78, 5) is 12.3. The zero-order valence-electron chi connectivity index (χ0n) is 12.1. The molecule has 3 rings (SSSR count). The first-order chi connectivity index (χ1) is 9.13. The number of nitrogens with one attached hydrogen (secondary N) is 2. The molecule has 2 N–H and O–H groups in total. The largest absolute Gasteiger partial charge is 0.308 e. The molecule has 0 aromatic carbocycles. The number of hydrogen-bond donors (Lipinski definition) is 2. The number of aromatic nitrogens is 2. The Morgan fingerprint density at radius 3 is 2.85 bits per heavy atom. The highest BCUT2D eigenvalue weighted by Gasteiger charge is 2.38. The van der Waals surface area contributed by atoms with E-state index in [-0.39, 0.29) is 24.4 Å². The van der Waals surface area contributed by atoms with Crippen molar-refractivity contribution in [2.24, 2.45) is 13.0 Å². The molecule has 6 heteroatoms. The van der Waals surface area contributed by atoms with Crippen LogP contribution in [0.2, 0.25) is 0 Å². The molecule has 1 saturated carbocycles. The van der Waals surface area contributed by atoms with Gasteiger partial charge in [0.1, 0.15) is 0 Å². The quantitative estimate of drug-likeness (QED) is 0.878. The van der Waals surface area contributed by atoms with Crippen molar-refractivity contribution in [3.63, 3.8) is 0 Å². The van der Waals surface area contributed by atoms with Crippen LogP contribution in [-0.2, 0) is 11.8 Å². The van der Waals surface area contributed by atoms with E-state index in [1.807, 2.05) is 20.0 Å². The molecule has 1 aliphatic carbocycles. The van der Waals surface area contributed by atoms with Gasteiger partial charge in [0.15, 0.2) is 5.82 Å². The lowest BCUT2D eigenvalue weighted by Crippen LogP contribution is -2.40. The first kappa shape index (κ1) is 15.3. The Hall–Kier alpha value is -1.07. The fraction of sp³-hybridized carbons (Fsp3) is 0.714. The molecule has 1 saturated heterocycles. The van der Waals surface area contributed by atoms with Gasteiger partial charge in [-0.05, 0) is 32.1 Å². The van der Waals surface area contributed by atoms with Crippen LogP contribution in [0.5, 0.6) is 0 Å². The van der Waals surface area contributed by atoms with Crippen molar-refractivity contribution in [1.29, 1.82) is 0 Å². The van der Waals surface area contributed by atoms with Crippen LogP contribution in [-0.4, -0.2) is 27.8 Å². The van der Waals surface area contributed by atoms with Crippen LogP contribution in [0.3, 0.4) is 0 Å². The summed E-state index contributed by atoms with van der Waals surface area (Å²) in [5, 5.41) is 10.7. The minimum absolute atomic E-state index is 0. The minimum atomic E-state index is -0.0459. The van der Waals surface area contributed by atoms with E-state index in [0.717, 1.165) is 12.1 Å². The van der Waals surface area contributed by atoms with E-state index in [1.54, 1.807) is 4.68 Å². The summed E-state index contributed by atoms with van der Waals surface area (Å²) in [7, 11) is 1.88. The van der Waals surface area contributed by atoms with Gasteiger partial charge in [-0.25, -0.2) is 0 Å². The van der Waals surface area contributed by atoms with E-state index in [4.69, 9.17) is 0 Å². The highest BCUT2D eigenvalue weighted by Crippen LogP contribution is 2.33. The predicted molar refractivity (Wildman–Crippen MR) is 81.1 cm³/mol. The first-order valence-electron chi connectivity index (χ1n) is 7.21.